The number of rotatable bonds is 4. The second-order valence-corrected chi connectivity index (χ2v) is 2.99. The van der Waals surface area contributed by atoms with Crippen LogP contribution in [-0.4, -0.2) is 34.9 Å². The number of carbonyl (C=O) groups is 1. The van der Waals surface area contributed by atoms with Crippen LogP contribution in [0.25, 0.3) is 0 Å². The lowest BCUT2D eigenvalue weighted by atomic mass is 10.3. The zero-order valence-corrected chi connectivity index (χ0v) is 8.38. The van der Waals surface area contributed by atoms with E-state index >= 15 is 0 Å². The van der Waals surface area contributed by atoms with E-state index in [1.807, 2.05) is 0 Å². The van der Waals surface area contributed by atoms with Crippen LogP contribution in [0, 0.1) is 0 Å². The van der Waals surface area contributed by atoms with Gasteiger partial charge in [0.15, 0.2) is 5.43 Å². The van der Waals surface area contributed by atoms with Gasteiger partial charge in [-0.2, -0.15) is 5.10 Å². The molecule has 1 amide bonds. The average molecular weight is 224 g/mol. The number of aliphatic hydroxyl groups is 1. The van der Waals surface area contributed by atoms with E-state index in [1.54, 1.807) is 0 Å². The second kappa shape index (κ2) is 5.79. The van der Waals surface area contributed by atoms with Crippen molar-refractivity contribution >= 4 is 12.1 Å². The molecule has 0 spiro atoms. The Balaban J connectivity index is 2.59. The number of H-pyrrole nitrogens is 1. The van der Waals surface area contributed by atoms with Crippen LogP contribution in [0.4, 0.5) is 0 Å². The third-order valence-electron chi connectivity index (χ3n) is 1.77. The van der Waals surface area contributed by atoms with Crippen molar-refractivity contribution in [3.8, 4) is 0 Å². The Morgan fingerprint density at radius 1 is 1.75 bits per heavy atom. The van der Waals surface area contributed by atoms with Crippen molar-refractivity contribution < 1.29 is 9.90 Å². The monoisotopic (exact) mass is 224 g/mol. The Bertz CT molecular complexity index is 440. The summed E-state index contributed by atoms with van der Waals surface area (Å²) in [5.41, 5.74) is 7.41. The van der Waals surface area contributed by atoms with E-state index in [9.17, 15) is 9.59 Å². The minimum Gasteiger partial charge on any atom is -0.394 e. The summed E-state index contributed by atoms with van der Waals surface area (Å²) < 4.78 is 0. The number of carbonyl (C=O) groups excluding carboxylic acids is 1. The predicted octanol–water partition coefficient (Wildman–Crippen LogP) is -1.86. The van der Waals surface area contributed by atoms with Gasteiger partial charge in [0.2, 0.25) is 0 Å². The number of aromatic nitrogens is 1. The number of pyridine rings is 1. The van der Waals surface area contributed by atoms with E-state index in [1.165, 1.54) is 24.7 Å². The average Bonchev–Trinajstić information content (AvgIpc) is 2.30. The van der Waals surface area contributed by atoms with Gasteiger partial charge in [0.1, 0.15) is 6.04 Å². The molecule has 7 nitrogen and oxygen atoms in total. The van der Waals surface area contributed by atoms with Crippen LogP contribution in [0.3, 0.4) is 0 Å². The van der Waals surface area contributed by atoms with Gasteiger partial charge in [0.05, 0.1) is 18.4 Å². The van der Waals surface area contributed by atoms with Crippen molar-refractivity contribution in [2.75, 3.05) is 6.61 Å². The summed E-state index contributed by atoms with van der Waals surface area (Å²) in [7, 11) is 0. The molecular formula is C9H12N4O3. The molecule has 7 heteroatoms. The first-order valence-corrected chi connectivity index (χ1v) is 4.51. The Morgan fingerprint density at radius 3 is 3.12 bits per heavy atom. The Labute approximate surface area is 91.0 Å². The lowest BCUT2D eigenvalue weighted by Gasteiger charge is -2.04. The van der Waals surface area contributed by atoms with Crippen molar-refractivity contribution in [2.45, 2.75) is 6.04 Å². The number of hydrogen-bond donors (Lipinski definition) is 4. The maximum absolute atomic E-state index is 11.2. The summed E-state index contributed by atoms with van der Waals surface area (Å²) >= 11 is 0. The van der Waals surface area contributed by atoms with E-state index in [4.69, 9.17) is 10.8 Å². The Kier molecular flexibility index (Phi) is 4.37. The quantitative estimate of drug-likeness (QED) is 0.354. The number of nitrogens with zero attached hydrogens (tertiary/aromatic N) is 1. The van der Waals surface area contributed by atoms with E-state index in [2.05, 4.69) is 15.5 Å². The summed E-state index contributed by atoms with van der Waals surface area (Å²) in [5, 5.41) is 12.1. The highest BCUT2D eigenvalue weighted by Crippen LogP contribution is 1.82. The summed E-state index contributed by atoms with van der Waals surface area (Å²) in [6.07, 6.45) is 4.13. The fraction of sp³-hybridized carbons (Fsp3) is 0.222. The predicted molar refractivity (Wildman–Crippen MR) is 57.9 cm³/mol. The topological polar surface area (TPSA) is 121 Å². The molecule has 0 fully saturated rings. The Morgan fingerprint density at radius 2 is 2.50 bits per heavy atom. The van der Waals surface area contributed by atoms with Crippen LogP contribution in [0.5, 0.6) is 0 Å². The number of amides is 1. The van der Waals surface area contributed by atoms with Gasteiger partial charge < -0.3 is 15.8 Å². The second-order valence-electron chi connectivity index (χ2n) is 2.99. The van der Waals surface area contributed by atoms with Crippen molar-refractivity contribution in [3.05, 3.63) is 34.2 Å². The number of hydrazone groups is 1. The van der Waals surface area contributed by atoms with Crippen LogP contribution in [-0.2, 0) is 4.79 Å². The van der Waals surface area contributed by atoms with Crippen molar-refractivity contribution in [2.24, 2.45) is 10.8 Å². The SMILES string of the molecule is NC(CO)C(=O)NN=Cc1c[nH]ccc1=O. The summed E-state index contributed by atoms with van der Waals surface area (Å²) in [6, 6.07) is 0.314. The lowest BCUT2D eigenvalue weighted by Crippen LogP contribution is -2.41. The zero-order valence-electron chi connectivity index (χ0n) is 8.38. The first-order chi connectivity index (χ1) is 7.65. The molecule has 0 bridgehead atoms. The Hall–Kier alpha value is -1.99. The van der Waals surface area contributed by atoms with Gasteiger partial charge in [-0.3, -0.25) is 9.59 Å². The molecule has 0 aliphatic rings. The van der Waals surface area contributed by atoms with Crippen LogP contribution in [0.2, 0.25) is 0 Å². The largest absolute Gasteiger partial charge is 0.394 e. The fourth-order valence-corrected chi connectivity index (χ4v) is 0.861. The molecule has 86 valence electrons. The molecule has 16 heavy (non-hydrogen) atoms. The summed E-state index contributed by atoms with van der Waals surface area (Å²) in [4.78, 5) is 25.0. The van der Waals surface area contributed by atoms with Gasteiger partial charge in [0.25, 0.3) is 5.91 Å². The molecule has 0 aromatic carbocycles. The van der Waals surface area contributed by atoms with Crippen molar-refractivity contribution in [3.63, 3.8) is 0 Å². The molecule has 1 heterocycles. The molecular weight excluding hydrogens is 212 g/mol. The van der Waals surface area contributed by atoms with Crippen LogP contribution in [0.1, 0.15) is 5.56 Å². The number of nitrogens with two attached hydrogens (primary N) is 1. The molecule has 1 aromatic heterocycles. The number of aliphatic hydroxyl groups excluding tert-OH is 1. The van der Waals surface area contributed by atoms with E-state index in [0.29, 0.717) is 5.56 Å². The van der Waals surface area contributed by atoms with Crippen LogP contribution >= 0.6 is 0 Å². The van der Waals surface area contributed by atoms with Gasteiger partial charge in [0, 0.05) is 18.5 Å². The summed E-state index contributed by atoms with van der Waals surface area (Å²) in [6.45, 7) is -0.465. The molecule has 0 saturated heterocycles. The number of aromatic amines is 1. The third-order valence-corrected chi connectivity index (χ3v) is 1.77. The molecule has 1 rings (SSSR count). The van der Waals surface area contributed by atoms with Crippen LogP contribution in [0.15, 0.2) is 28.4 Å². The lowest BCUT2D eigenvalue weighted by molar-refractivity contribution is -0.123. The molecule has 1 atom stereocenters. The van der Waals surface area contributed by atoms with Gasteiger partial charge >= 0.3 is 0 Å². The van der Waals surface area contributed by atoms with Crippen molar-refractivity contribution in [1.82, 2.24) is 10.4 Å². The summed E-state index contributed by atoms with van der Waals surface area (Å²) in [5.74, 6) is -0.619. The fourth-order valence-electron chi connectivity index (χ4n) is 0.861. The molecule has 1 aromatic rings. The molecule has 0 saturated carbocycles. The third kappa shape index (κ3) is 3.30. The highest BCUT2D eigenvalue weighted by atomic mass is 16.3. The maximum Gasteiger partial charge on any atom is 0.259 e. The normalized spacial score (nSPS) is 12.6. The molecule has 1 unspecified atom stereocenters. The van der Waals surface area contributed by atoms with Gasteiger partial charge in [-0.05, 0) is 0 Å². The first-order valence-electron chi connectivity index (χ1n) is 4.51. The van der Waals surface area contributed by atoms with Gasteiger partial charge in [-0.15, -0.1) is 0 Å². The zero-order chi connectivity index (χ0) is 12.0. The van der Waals surface area contributed by atoms with E-state index < -0.39 is 18.6 Å². The molecule has 0 aliphatic carbocycles. The molecule has 0 radical (unpaired) electrons. The van der Waals surface area contributed by atoms with E-state index in [0.717, 1.165) is 0 Å². The first kappa shape index (κ1) is 12.1. The smallest absolute Gasteiger partial charge is 0.259 e. The molecule has 5 N–H and O–H groups in total. The van der Waals surface area contributed by atoms with Crippen LogP contribution < -0.4 is 16.6 Å². The van der Waals surface area contributed by atoms with Crippen molar-refractivity contribution in [1.29, 1.82) is 0 Å². The van der Waals surface area contributed by atoms with Gasteiger partial charge in [-0.25, -0.2) is 5.43 Å². The van der Waals surface area contributed by atoms with Gasteiger partial charge in [-0.1, -0.05) is 0 Å². The highest BCUT2D eigenvalue weighted by Gasteiger charge is 2.09. The maximum atomic E-state index is 11.2. The molecule has 0 aliphatic heterocycles. The standard InChI is InChI=1S/C9H12N4O3/c10-7(5-14)9(16)13-12-4-6-3-11-2-1-8(6)15/h1-4,7,14H,5,10H2,(H,11,15)(H,13,16). The van der Waals surface area contributed by atoms with E-state index in [-0.39, 0.29) is 5.43 Å². The number of hydrogen-bond acceptors (Lipinski definition) is 5. The number of nitrogens with one attached hydrogen (secondary N) is 2. The highest BCUT2D eigenvalue weighted by molar-refractivity contribution is 5.84. The minimum absolute atomic E-state index is 0.219. The minimum atomic E-state index is -1.02.